The monoisotopic (exact) mass is 435 g/mol. The Morgan fingerprint density at radius 3 is 2.69 bits per heavy atom. The smallest absolute Gasteiger partial charge is 0.328 e. The number of anilines is 2. The maximum atomic E-state index is 14.4. The molecule has 1 atom stereocenters. The molecule has 0 radical (unpaired) electrons. The third-order valence-corrected chi connectivity index (χ3v) is 6.38. The number of rotatable bonds is 5. The van der Waals surface area contributed by atoms with E-state index >= 15 is 0 Å². The average molecular weight is 436 g/mol. The van der Waals surface area contributed by atoms with Gasteiger partial charge in [0.25, 0.3) is 0 Å². The van der Waals surface area contributed by atoms with Gasteiger partial charge in [-0.2, -0.15) is 4.72 Å². The third kappa shape index (κ3) is 3.88. The lowest BCUT2D eigenvalue weighted by atomic mass is 10.1. The van der Waals surface area contributed by atoms with E-state index in [0.29, 0.717) is 0 Å². The summed E-state index contributed by atoms with van der Waals surface area (Å²) in [7, 11) is 3.68. The Labute approximate surface area is 175 Å². The molecule has 1 aromatic heterocycles. The predicted molar refractivity (Wildman–Crippen MR) is 113 cm³/mol. The minimum absolute atomic E-state index is 0.118. The van der Waals surface area contributed by atoms with Gasteiger partial charge in [-0.3, -0.25) is 4.79 Å². The summed E-state index contributed by atoms with van der Waals surface area (Å²) in [5, 5.41) is 0.474. The van der Waals surface area contributed by atoms with Crippen molar-refractivity contribution in [2.45, 2.75) is 11.3 Å². The highest BCUT2D eigenvalue weighted by Gasteiger charge is 2.25. The molecule has 2 aromatic carbocycles. The molecule has 3 aromatic rings. The number of benzene rings is 2. The third-order valence-electron chi connectivity index (χ3n) is 4.83. The molecule has 6 nitrogen and oxygen atoms in total. The second kappa shape index (κ2) is 7.78. The SMILES string of the molecule is CN(C)c1ccc(Cl)c([S+]([O-])NC(=O)c2cc3c(F)cc(N4CCC4)cc3o2)c1. The fourth-order valence-electron chi connectivity index (χ4n) is 3.05. The summed E-state index contributed by atoms with van der Waals surface area (Å²) in [5.41, 5.74) is 1.78. The Balaban J connectivity index is 1.57. The first-order valence-electron chi connectivity index (χ1n) is 9.01. The van der Waals surface area contributed by atoms with Gasteiger partial charge in [0.15, 0.2) is 5.76 Å². The van der Waals surface area contributed by atoms with Crippen LogP contribution < -0.4 is 14.5 Å². The molecule has 4 rings (SSSR count). The highest BCUT2D eigenvalue weighted by molar-refractivity contribution is 7.90. The molecule has 1 unspecified atom stereocenters. The molecule has 1 aliphatic heterocycles. The van der Waals surface area contributed by atoms with Crippen LogP contribution >= 0.6 is 11.6 Å². The van der Waals surface area contributed by atoms with E-state index in [1.54, 1.807) is 24.3 Å². The first kappa shape index (κ1) is 19.9. The number of hydrogen-bond donors (Lipinski definition) is 1. The summed E-state index contributed by atoms with van der Waals surface area (Å²) in [4.78, 5) is 16.7. The van der Waals surface area contributed by atoms with Gasteiger partial charge in [-0.15, -0.1) is 0 Å². The number of carbonyl (C=O) groups excluding carboxylic acids is 1. The molecule has 1 saturated heterocycles. The fraction of sp³-hybridized carbons (Fsp3) is 0.250. The van der Waals surface area contributed by atoms with Gasteiger partial charge in [0, 0.05) is 56.8 Å². The molecule has 1 aliphatic rings. The van der Waals surface area contributed by atoms with Crippen LogP contribution in [0.4, 0.5) is 15.8 Å². The van der Waals surface area contributed by atoms with Gasteiger partial charge < -0.3 is 18.8 Å². The standard InChI is InChI=1S/C20H19ClFN3O3S/c1-24(2)12-4-5-15(21)19(10-12)29(27)23-20(26)18-11-14-16(22)8-13(9-17(14)28-18)25-6-3-7-25/h4-5,8-11H,3,6-7H2,1-2H3,(H,23,26). The first-order valence-corrected chi connectivity index (χ1v) is 10.5. The van der Waals surface area contributed by atoms with Gasteiger partial charge in [-0.1, -0.05) is 11.6 Å². The lowest BCUT2D eigenvalue weighted by Crippen LogP contribution is -2.36. The predicted octanol–water partition coefficient (Wildman–Crippen LogP) is 3.95. The van der Waals surface area contributed by atoms with Gasteiger partial charge in [0.2, 0.25) is 4.90 Å². The average Bonchev–Trinajstić information content (AvgIpc) is 3.05. The van der Waals surface area contributed by atoms with Crippen LogP contribution in [0, 0.1) is 5.82 Å². The Bertz CT molecular complexity index is 1080. The van der Waals surface area contributed by atoms with Gasteiger partial charge in [-0.25, -0.2) is 4.39 Å². The van der Waals surface area contributed by atoms with Crippen molar-refractivity contribution in [3.63, 3.8) is 0 Å². The zero-order valence-corrected chi connectivity index (χ0v) is 17.4. The van der Waals surface area contributed by atoms with Gasteiger partial charge in [0.05, 0.1) is 10.4 Å². The second-order valence-corrected chi connectivity index (χ2v) is 8.59. The summed E-state index contributed by atoms with van der Waals surface area (Å²) in [6.07, 6.45) is 1.06. The number of nitrogens with zero attached hydrogens (tertiary/aromatic N) is 2. The number of furan rings is 1. The fourth-order valence-corrected chi connectivity index (χ4v) is 4.23. The van der Waals surface area contributed by atoms with E-state index in [-0.39, 0.29) is 26.6 Å². The maximum absolute atomic E-state index is 14.4. The number of halogens is 2. The van der Waals surface area contributed by atoms with Crippen molar-refractivity contribution in [3.05, 3.63) is 53.0 Å². The van der Waals surface area contributed by atoms with E-state index in [0.717, 1.165) is 30.9 Å². The number of nitrogens with one attached hydrogen (secondary N) is 1. The minimum atomic E-state index is -1.90. The van der Waals surface area contributed by atoms with E-state index < -0.39 is 23.1 Å². The lowest BCUT2D eigenvalue weighted by molar-refractivity contribution is 0.0956. The van der Waals surface area contributed by atoms with Gasteiger partial charge in [-0.05, 0) is 24.6 Å². The van der Waals surface area contributed by atoms with Crippen LogP contribution in [0.1, 0.15) is 17.0 Å². The molecule has 1 fully saturated rings. The van der Waals surface area contributed by atoms with Crippen molar-refractivity contribution in [3.8, 4) is 0 Å². The van der Waals surface area contributed by atoms with Crippen LogP contribution in [0.25, 0.3) is 11.0 Å². The molecule has 0 aliphatic carbocycles. The van der Waals surface area contributed by atoms with Gasteiger partial charge in [0.1, 0.15) is 22.8 Å². The topological polar surface area (TPSA) is 71.8 Å². The number of carbonyl (C=O) groups is 1. The van der Waals surface area contributed by atoms with Crippen LogP contribution in [-0.2, 0) is 11.4 Å². The Hall–Kier alpha value is -2.42. The molecule has 0 spiro atoms. The van der Waals surface area contributed by atoms with E-state index in [2.05, 4.69) is 4.72 Å². The molecular formula is C20H19ClFN3O3S. The van der Waals surface area contributed by atoms with E-state index in [1.807, 2.05) is 23.9 Å². The number of fused-ring (bicyclic) bond motifs is 1. The van der Waals surface area contributed by atoms with E-state index in [1.165, 1.54) is 12.1 Å². The Morgan fingerprint density at radius 1 is 1.28 bits per heavy atom. The lowest BCUT2D eigenvalue weighted by Gasteiger charge is -2.33. The molecule has 0 bridgehead atoms. The Morgan fingerprint density at radius 2 is 2.03 bits per heavy atom. The highest BCUT2D eigenvalue weighted by atomic mass is 35.5. The molecule has 152 valence electrons. The largest absolute Gasteiger partial charge is 0.588 e. The molecule has 0 saturated carbocycles. The van der Waals surface area contributed by atoms with Crippen molar-refractivity contribution in [2.75, 3.05) is 37.0 Å². The normalized spacial score (nSPS) is 14.6. The van der Waals surface area contributed by atoms with Crippen LogP contribution in [0.5, 0.6) is 0 Å². The summed E-state index contributed by atoms with van der Waals surface area (Å²) >= 11 is 4.23. The summed E-state index contributed by atoms with van der Waals surface area (Å²) in [6, 6.07) is 9.49. The highest BCUT2D eigenvalue weighted by Crippen LogP contribution is 2.31. The van der Waals surface area contributed by atoms with Crippen molar-refractivity contribution in [1.82, 2.24) is 4.72 Å². The summed E-state index contributed by atoms with van der Waals surface area (Å²) in [5.74, 6) is -1.29. The zero-order chi connectivity index (χ0) is 20.7. The molecular weight excluding hydrogens is 417 g/mol. The summed E-state index contributed by atoms with van der Waals surface area (Å²) in [6.45, 7) is 1.73. The minimum Gasteiger partial charge on any atom is -0.588 e. The van der Waals surface area contributed by atoms with Crippen LogP contribution in [-0.4, -0.2) is 37.6 Å². The van der Waals surface area contributed by atoms with Crippen LogP contribution in [0.15, 0.2) is 45.7 Å². The summed E-state index contributed by atoms with van der Waals surface area (Å²) < 4.78 is 35.0. The van der Waals surface area contributed by atoms with Gasteiger partial charge >= 0.3 is 5.91 Å². The molecule has 9 heteroatoms. The van der Waals surface area contributed by atoms with Crippen molar-refractivity contribution >= 4 is 51.2 Å². The maximum Gasteiger partial charge on any atom is 0.328 e. The van der Waals surface area contributed by atoms with Crippen LogP contribution in [0.3, 0.4) is 0 Å². The van der Waals surface area contributed by atoms with Crippen molar-refractivity contribution < 1.29 is 18.2 Å². The zero-order valence-electron chi connectivity index (χ0n) is 15.9. The molecule has 29 heavy (non-hydrogen) atoms. The van der Waals surface area contributed by atoms with E-state index in [9.17, 15) is 13.7 Å². The second-order valence-electron chi connectivity index (χ2n) is 7.00. The number of amides is 1. The van der Waals surface area contributed by atoms with Crippen molar-refractivity contribution in [1.29, 1.82) is 0 Å². The van der Waals surface area contributed by atoms with E-state index in [4.69, 9.17) is 16.0 Å². The quantitative estimate of drug-likeness (QED) is 0.614. The number of hydrogen-bond acceptors (Lipinski definition) is 5. The van der Waals surface area contributed by atoms with Crippen LogP contribution in [0.2, 0.25) is 5.02 Å². The Kier molecular flexibility index (Phi) is 5.33. The molecule has 1 amide bonds. The molecule has 2 heterocycles. The molecule has 1 N–H and O–H groups in total. The van der Waals surface area contributed by atoms with Crippen molar-refractivity contribution in [2.24, 2.45) is 0 Å². The first-order chi connectivity index (χ1) is 13.8.